The molecule has 7 nitrogen and oxygen atoms in total. The van der Waals surface area contributed by atoms with E-state index < -0.39 is 18.4 Å². The number of para-hydroxylation sites is 1. The Hall–Kier alpha value is -4.14. The molecule has 9 heteroatoms. The second kappa shape index (κ2) is 10.8. The van der Waals surface area contributed by atoms with Crippen molar-refractivity contribution in [3.8, 4) is 28.4 Å². The Kier molecular flexibility index (Phi) is 7.58. The molecular formula is C23H20F2N2O5. The molecule has 0 unspecified atom stereocenters. The van der Waals surface area contributed by atoms with Crippen LogP contribution in [0.2, 0.25) is 0 Å². The Morgan fingerprint density at radius 2 is 1.59 bits per heavy atom. The molecule has 166 valence electrons. The van der Waals surface area contributed by atoms with Crippen LogP contribution < -0.4 is 25.1 Å². The van der Waals surface area contributed by atoms with E-state index in [1.807, 2.05) is 42.5 Å². The van der Waals surface area contributed by atoms with E-state index in [1.54, 1.807) is 12.1 Å². The smallest absolute Gasteiger partial charge is 0.387 e. The molecular weight excluding hydrogens is 422 g/mol. The molecule has 2 amide bonds. The van der Waals surface area contributed by atoms with E-state index in [2.05, 4.69) is 15.6 Å². The van der Waals surface area contributed by atoms with Gasteiger partial charge < -0.3 is 14.2 Å². The number of alkyl halides is 2. The predicted molar refractivity (Wildman–Crippen MR) is 113 cm³/mol. The maximum absolute atomic E-state index is 12.4. The van der Waals surface area contributed by atoms with Gasteiger partial charge in [0.1, 0.15) is 5.75 Å². The summed E-state index contributed by atoms with van der Waals surface area (Å²) >= 11 is 0. The SMILES string of the molecule is COc1cc(C(=O)NNC(=O)COc2ccccc2-c2ccccc2)ccc1OC(F)F. The van der Waals surface area contributed by atoms with Gasteiger partial charge in [-0.05, 0) is 29.8 Å². The Bertz CT molecular complexity index is 1080. The van der Waals surface area contributed by atoms with Crippen molar-refractivity contribution in [2.24, 2.45) is 0 Å². The lowest BCUT2D eigenvalue weighted by Crippen LogP contribution is -2.43. The fraction of sp³-hybridized carbons (Fsp3) is 0.130. The van der Waals surface area contributed by atoms with Crippen LogP contribution in [0.5, 0.6) is 17.2 Å². The van der Waals surface area contributed by atoms with Crippen molar-refractivity contribution < 1.29 is 32.6 Å². The third kappa shape index (κ3) is 5.94. The Balaban J connectivity index is 1.56. The number of halogens is 2. The highest BCUT2D eigenvalue weighted by Gasteiger charge is 2.15. The maximum Gasteiger partial charge on any atom is 0.387 e. The summed E-state index contributed by atoms with van der Waals surface area (Å²) in [6.07, 6.45) is 0. The molecule has 0 heterocycles. The van der Waals surface area contributed by atoms with Crippen molar-refractivity contribution in [1.29, 1.82) is 0 Å². The third-order valence-corrected chi connectivity index (χ3v) is 4.29. The molecule has 0 aliphatic rings. The van der Waals surface area contributed by atoms with E-state index in [0.717, 1.165) is 11.1 Å². The standard InChI is InChI=1S/C23H20F2N2O5/c1-30-20-13-16(11-12-19(20)32-23(24)25)22(29)27-26-21(28)14-31-18-10-6-5-9-17(18)15-7-3-2-4-8-15/h2-13,23H,14H2,1H3,(H,26,28)(H,27,29). The topological polar surface area (TPSA) is 85.9 Å². The summed E-state index contributed by atoms with van der Waals surface area (Å²) in [4.78, 5) is 24.4. The molecule has 0 saturated carbocycles. The van der Waals surface area contributed by atoms with Crippen LogP contribution >= 0.6 is 0 Å². The fourth-order valence-corrected chi connectivity index (χ4v) is 2.83. The number of benzene rings is 3. The van der Waals surface area contributed by atoms with Gasteiger partial charge in [-0.1, -0.05) is 48.5 Å². The molecule has 3 aromatic rings. The molecule has 0 fully saturated rings. The average molecular weight is 442 g/mol. The number of rotatable bonds is 8. The number of hydrogen-bond donors (Lipinski definition) is 2. The monoisotopic (exact) mass is 442 g/mol. The molecule has 3 rings (SSSR count). The summed E-state index contributed by atoms with van der Waals surface area (Å²) in [5.74, 6) is -1.02. The number of amides is 2. The quantitative estimate of drug-likeness (QED) is 0.519. The number of ether oxygens (including phenoxy) is 3. The molecule has 0 spiro atoms. The number of hydrogen-bond acceptors (Lipinski definition) is 5. The largest absolute Gasteiger partial charge is 0.493 e. The first kappa shape index (κ1) is 22.5. The van der Waals surface area contributed by atoms with Crippen LogP contribution in [0.25, 0.3) is 11.1 Å². The van der Waals surface area contributed by atoms with E-state index in [9.17, 15) is 18.4 Å². The third-order valence-electron chi connectivity index (χ3n) is 4.29. The zero-order valence-corrected chi connectivity index (χ0v) is 17.0. The first-order valence-electron chi connectivity index (χ1n) is 9.47. The zero-order chi connectivity index (χ0) is 22.9. The Labute approximate surface area is 182 Å². The van der Waals surface area contributed by atoms with Crippen LogP contribution in [-0.4, -0.2) is 32.1 Å². The molecule has 2 N–H and O–H groups in total. The summed E-state index contributed by atoms with van der Waals surface area (Å²) in [6, 6.07) is 20.5. The van der Waals surface area contributed by atoms with Crippen LogP contribution in [0.1, 0.15) is 10.4 Å². The second-order valence-corrected chi connectivity index (χ2v) is 6.40. The van der Waals surface area contributed by atoms with Crippen LogP contribution in [0, 0.1) is 0 Å². The van der Waals surface area contributed by atoms with Crippen LogP contribution in [0.4, 0.5) is 8.78 Å². The number of carbonyl (C=O) groups is 2. The van der Waals surface area contributed by atoms with E-state index >= 15 is 0 Å². The lowest BCUT2D eigenvalue weighted by molar-refractivity contribution is -0.123. The van der Waals surface area contributed by atoms with Crippen molar-refractivity contribution in [2.45, 2.75) is 6.61 Å². The van der Waals surface area contributed by atoms with Crippen LogP contribution in [-0.2, 0) is 4.79 Å². The van der Waals surface area contributed by atoms with Gasteiger partial charge in [-0.25, -0.2) is 0 Å². The minimum atomic E-state index is -3.03. The molecule has 0 saturated heterocycles. The highest BCUT2D eigenvalue weighted by atomic mass is 19.3. The lowest BCUT2D eigenvalue weighted by atomic mass is 10.1. The normalized spacial score (nSPS) is 10.4. The van der Waals surface area contributed by atoms with Gasteiger partial charge >= 0.3 is 6.61 Å². The number of methoxy groups -OCH3 is 1. The predicted octanol–water partition coefficient (Wildman–Crippen LogP) is 3.80. The molecule has 0 bridgehead atoms. The van der Waals surface area contributed by atoms with Gasteiger partial charge in [-0.3, -0.25) is 20.4 Å². The van der Waals surface area contributed by atoms with Crippen LogP contribution in [0.3, 0.4) is 0 Å². The van der Waals surface area contributed by atoms with Gasteiger partial charge in [0.25, 0.3) is 11.8 Å². The molecule has 0 radical (unpaired) electrons. The molecule has 3 aromatic carbocycles. The summed E-state index contributed by atoms with van der Waals surface area (Å²) < 4.78 is 39.7. The van der Waals surface area contributed by atoms with Crippen molar-refractivity contribution in [3.05, 3.63) is 78.4 Å². The highest BCUT2D eigenvalue weighted by molar-refractivity contribution is 5.96. The molecule has 32 heavy (non-hydrogen) atoms. The van der Waals surface area contributed by atoms with Gasteiger partial charge in [0.15, 0.2) is 18.1 Å². The van der Waals surface area contributed by atoms with Crippen molar-refractivity contribution in [2.75, 3.05) is 13.7 Å². The molecule has 0 atom stereocenters. The summed E-state index contributed by atoms with van der Waals surface area (Å²) in [6.45, 7) is -3.37. The van der Waals surface area contributed by atoms with Crippen LogP contribution in [0.15, 0.2) is 72.8 Å². The van der Waals surface area contributed by atoms with Gasteiger partial charge in [0, 0.05) is 11.1 Å². The van der Waals surface area contributed by atoms with E-state index in [0.29, 0.717) is 5.75 Å². The first-order chi connectivity index (χ1) is 15.5. The second-order valence-electron chi connectivity index (χ2n) is 6.40. The number of hydrazine groups is 1. The summed E-state index contributed by atoms with van der Waals surface area (Å²) in [5.41, 5.74) is 6.30. The number of nitrogens with one attached hydrogen (secondary N) is 2. The average Bonchev–Trinajstić information content (AvgIpc) is 2.81. The van der Waals surface area contributed by atoms with Gasteiger partial charge in [0.2, 0.25) is 0 Å². The molecule has 0 aliphatic heterocycles. The summed E-state index contributed by atoms with van der Waals surface area (Å²) in [5, 5.41) is 0. The highest BCUT2D eigenvalue weighted by Crippen LogP contribution is 2.30. The first-order valence-corrected chi connectivity index (χ1v) is 9.47. The zero-order valence-electron chi connectivity index (χ0n) is 17.0. The summed E-state index contributed by atoms with van der Waals surface area (Å²) in [7, 11) is 1.25. The van der Waals surface area contributed by atoms with Gasteiger partial charge in [-0.15, -0.1) is 0 Å². The lowest BCUT2D eigenvalue weighted by Gasteiger charge is -2.13. The maximum atomic E-state index is 12.4. The van der Waals surface area contributed by atoms with Crippen molar-refractivity contribution in [1.82, 2.24) is 10.9 Å². The molecule has 0 aliphatic carbocycles. The Morgan fingerprint density at radius 3 is 2.31 bits per heavy atom. The molecule has 0 aromatic heterocycles. The van der Waals surface area contributed by atoms with Gasteiger partial charge in [-0.2, -0.15) is 8.78 Å². The van der Waals surface area contributed by atoms with E-state index in [-0.39, 0.29) is 23.7 Å². The van der Waals surface area contributed by atoms with Gasteiger partial charge in [0.05, 0.1) is 7.11 Å². The minimum Gasteiger partial charge on any atom is -0.493 e. The fourth-order valence-electron chi connectivity index (χ4n) is 2.83. The minimum absolute atomic E-state index is 0.0508. The van der Waals surface area contributed by atoms with Crippen molar-refractivity contribution >= 4 is 11.8 Å². The van der Waals surface area contributed by atoms with Crippen molar-refractivity contribution in [3.63, 3.8) is 0 Å². The van der Waals surface area contributed by atoms with E-state index in [1.165, 1.54) is 25.3 Å². The van der Waals surface area contributed by atoms with E-state index in [4.69, 9.17) is 9.47 Å². The Morgan fingerprint density at radius 1 is 0.875 bits per heavy atom. The number of carbonyl (C=O) groups excluding carboxylic acids is 2.